The Hall–Kier alpha value is -3.27. The number of ketones is 3. The molecule has 0 amide bonds. The van der Waals surface area contributed by atoms with Crippen LogP contribution in [-0.2, 0) is 10.8 Å². The van der Waals surface area contributed by atoms with Gasteiger partial charge in [0.15, 0.2) is 17.3 Å². The van der Waals surface area contributed by atoms with Crippen molar-refractivity contribution in [3.05, 3.63) is 87.0 Å². The molecule has 2 aromatic rings. The lowest BCUT2D eigenvalue weighted by molar-refractivity contribution is -0.244. The minimum atomic E-state index is -0.445. The number of fused-ring (bicyclic) bond motifs is 2. The number of hydrogen-bond donors (Lipinski definition) is 0. The number of hydrogen-bond acceptors (Lipinski definition) is 4. The maximum absolute atomic E-state index is 13.0. The Balaban J connectivity index is 1.79. The molecule has 0 fully saturated rings. The molecule has 0 atom stereocenters. The van der Waals surface area contributed by atoms with Gasteiger partial charge in [-0.2, -0.15) is 0 Å². The summed E-state index contributed by atoms with van der Waals surface area (Å²) in [4.78, 5) is 38.8. The van der Waals surface area contributed by atoms with Gasteiger partial charge in [0.1, 0.15) is 0 Å². The molecule has 2 aromatic carbocycles. The van der Waals surface area contributed by atoms with Crippen LogP contribution in [0.15, 0.2) is 53.6 Å². The van der Waals surface area contributed by atoms with Crippen molar-refractivity contribution in [2.45, 2.75) is 52.4 Å². The standard InChI is InChI=1S/C27H26O4/c1-26(2,3)14-7-9-16-18(11-14)24(30)20(22(16)28)13-21-23(29)17-10-8-15(27(4,5)6)12-19(17)25(21)31/h7-13,30H,1-6H3/p-1. The van der Waals surface area contributed by atoms with Crippen LogP contribution in [0.5, 0.6) is 0 Å². The summed E-state index contributed by atoms with van der Waals surface area (Å²) >= 11 is 0. The number of rotatable bonds is 1. The average Bonchev–Trinajstić information content (AvgIpc) is 3.07. The number of carbonyl (C=O) groups is 3. The molecule has 158 valence electrons. The van der Waals surface area contributed by atoms with Crippen LogP contribution in [-0.4, -0.2) is 17.3 Å². The second-order valence-corrected chi connectivity index (χ2v) is 10.3. The van der Waals surface area contributed by atoms with Gasteiger partial charge in [-0.25, -0.2) is 0 Å². The van der Waals surface area contributed by atoms with Crippen LogP contribution in [0.1, 0.15) is 89.3 Å². The monoisotopic (exact) mass is 413 g/mol. The van der Waals surface area contributed by atoms with Crippen molar-refractivity contribution in [2.75, 3.05) is 0 Å². The van der Waals surface area contributed by atoms with Crippen LogP contribution in [0, 0.1) is 0 Å². The van der Waals surface area contributed by atoms with E-state index in [2.05, 4.69) is 0 Å². The molecule has 0 saturated heterocycles. The molecular weight excluding hydrogens is 388 g/mol. The first-order valence-corrected chi connectivity index (χ1v) is 10.4. The lowest BCUT2D eigenvalue weighted by Crippen LogP contribution is -2.12. The van der Waals surface area contributed by atoms with Gasteiger partial charge in [0, 0.05) is 22.3 Å². The topological polar surface area (TPSA) is 74.3 Å². The molecule has 0 unspecified atom stereocenters. The van der Waals surface area contributed by atoms with Crippen molar-refractivity contribution in [1.82, 2.24) is 0 Å². The molecule has 4 rings (SSSR count). The normalized spacial score (nSPS) is 17.6. The third kappa shape index (κ3) is 3.27. The van der Waals surface area contributed by atoms with Gasteiger partial charge >= 0.3 is 0 Å². The number of carbonyl (C=O) groups excluding carboxylic acids is 3. The molecule has 0 saturated carbocycles. The number of allylic oxidation sites excluding steroid dienone is 3. The fourth-order valence-electron chi connectivity index (χ4n) is 3.99. The van der Waals surface area contributed by atoms with Crippen LogP contribution in [0.25, 0.3) is 5.76 Å². The molecule has 2 aliphatic carbocycles. The molecule has 4 nitrogen and oxygen atoms in total. The highest BCUT2D eigenvalue weighted by atomic mass is 16.3. The number of benzene rings is 2. The van der Waals surface area contributed by atoms with Crippen molar-refractivity contribution in [1.29, 1.82) is 0 Å². The van der Waals surface area contributed by atoms with E-state index in [0.29, 0.717) is 22.3 Å². The van der Waals surface area contributed by atoms with Gasteiger partial charge < -0.3 is 5.11 Å². The fraction of sp³-hybridized carbons (Fsp3) is 0.296. The van der Waals surface area contributed by atoms with Crippen LogP contribution in [0.2, 0.25) is 0 Å². The van der Waals surface area contributed by atoms with Gasteiger partial charge in [0.05, 0.1) is 5.57 Å². The Kier molecular flexibility index (Phi) is 4.48. The summed E-state index contributed by atoms with van der Waals surface area (Å²) < 4.78 is 0. The summed E-state index contributed by atoms with van der Waals surface area (Å²) in [5.74, 6) is -1.77. The smallest absolute Gasteiger partial charge is 0.197 e. The van der Waals surface area contributed by atoms with Gasteiger partial charge in [0.2, 0.25) is 0 Å². The summed E-state index contributed by atoms with van der Waals surface area (Å²) in [5, 5.41) is 13.0. The Morgan fingerprint density at radius 1 is 0.645 bits per heavy atom. The molecule has 0 aromatic heterocycles. The van der Waals surface area contributed by atoms with Crippen molar-refractivity contribution in [3.8, 4) is 0 Å². The van der Waals surface area contributed by atoms with E-state index in [1.165, 1.54) is 6.08 Å². The highest BCUT2D eigenvalue weighted by Crippen LogP contribution is 2.37. The van der Waals surface area contributed by atoms with Crippen LogP contribution in [0.3, 0.4) is 0 Å². The van der Waals surface area contributed by atoms with Gasteiger partial charge in [0.25, 0.3) is 0 Å². The quantitative estimate of drug-likeness (QED) is 0.508. The SMILES string of the molecule is CC(C)(C)c1ccc2c(c1)C(=O)C(=CC1=C([O-])c3cc(C(C)(C)C)ccc3C1=O)C2=O. The summed E-state index contributed by atoms with van der Waals surface area (Å²) in [6.07, 6.45) is 1.20. The third-order valence-electron chi connectivity index (χ3n) is 6.02. The van der Waals surface area contributed by atoms with E-state index < -0.39 is 23.1 Å². The van der Waals surface area contributed by atoms with Crippen molar-refractivity contribution in [2.24, 2.45) is 0 Å². The highest BCUT2D eigenvalue weighted by Gasteiger charge is 2.36. The third-order valence-corrected chi connectivity index (χ3v) is 6.02. The zero-order valence-electron chi connectivity index (χ0n) is 18.7. The highest BCUT2D eigenvalue weighted by molar-refractivity contribution is 6.40. The Morgan fingerprint density at radius 2 is 1.10 bits per heavy atom. The predicted octanol–water partition coefficient (Wildman–Crippen LogP) is 4.55. The first-order valence-electron chi connectivity index (χ1n) is 10.4. The van der Waals surface area contributed by atoms with E-state index in [9.17, 15) is 19.5 Å². The lowest BCUT2D eigenvalue weighted by Gasteiger charge is -2.21. The first kappa shape index (κ1) is 21.0. The van der Waals surface area contributed by atoms with E-state index in [1.54, 1.807) is 24.3 Å². The molecule has 2 aliphatic rings. The summed E-state index contributed by atoms with van der Waals surface area (Å²) in [6, 6.07) is 10.5. The second-order valence-electron chi connectivity index (χ2n) is 10.3. The summed E-state index contributed by atoms with van der Waals surface area (Å²) in [7, 11) is 0. The van der Waals surface area contributed by atoms with Crippen LogP contribution in [0.4, 0.5) is 0 Å². The van der Waals surface area contributed by atoms with Gasteiger partial charge in [-0.1, -0.05) is 71.6 Å². The van der Waals surface area contributed by atoms with E-state index in [4.69, 9.17) is 0 Å². The minimum Gasteiger partial charge on any atom is -0.872 e. The minimum absolute atomic E-state index is 0.124. The average molecular weight is 413 g/mol. The predicted molar refractivity (Wildman–Crippen MR) is 118 cm³/mol. The van der Waals surface area contributed by atoms with E-state index in [-0.39, 0.29) is 22.0 Å². The Morgan fingerprint density at radius 3 is 1.61 bits per heavy atom. The van der Waals surface area contributed by atoms with Crippen LogP contribution < -0.4 is 5.11 Å². The second kappa shape index (κ2) is 6.61. The molecule has 0 heterocycles. The Bertz CT molecular complexity index is 1240. The first-order chi connectivity index (χ1) is 14.3. The maximum Gasteiger partial charge on any atom is 0.197 e. The molecule has 0 bridgehead atoms. The van der Waals surface area contributed by atoms with Crippen LogP contribution >= 0.6 is 0 Å². The Labute approximate surface area is 182 Å². The molecule has 4 heteroatoms. The summed E-state index contributed by atoms with van der Waals surface area (Å²) in [6.45, 7) is 12.2. The molecule has 0 radical (unpaired) electrons. The van der Waals surface area contributed by atoms with Gasteiger partial charge in [-0.3, -0.25) is 14.4 Å². The van der Waals surface area contributed by atoms with Crippen molar-refractivity contribution >= 4 is 23.1 Å². The number of Topliss-reactive ketones (excluding diaryl/α,β-unsaturated/α-hetero) is 3. The molecule has 0 N–H and O–H groups in total. The van der Waals surface area contributed by atoms with Gasteiger partial charge in [-0.15, -0.1) is 0 Å². The van der Waals surface area contributed by atoms with E-state index in [0.717, 1.165) is 11.1 Å². The van der Waals surface area contributed by atoms with Crippen molar-refractivity contribution < 1.29 is 19.5 Å². The summed E-state index contributed by atoms with van der Waals surface area (Å²) in [5.41, 5.74) is 2.57. The molecule has 31 heavy (non-hydrogen) atoms. The largest absolute Gasteiger partial charge is 0.872 e. The molecular formula is C27H25O4-. The molecule has 0 spiro atoms. The molecule has 0 aliphatic heterocycles. The zero-order chi connectivity index (χ0) is 22.9. The van der Waals surface area contributed by atoms with Gasteiger partial charge in [-0.05, 0) is 45.7 Å². The van der Waals surface area contributed by atoms with Crippen molar-refractivity contribution in [3.63, 3.8) is 0 Å². The van der Waals surface area contributed by atoms with E-state index in [1.807, 2.05) is 53.7 Å². The lowest BCUT2D eigenvalue weighted by atomic mass is 9.85. The zero-order valence-corrected chi connectivity index (χ0v) is 18.7. The fourth-order valence-corrected chi connectivity index (χ4v) is 3.99. The van der Waals surface area contributed by atoms with E-state index >= 15 is 0 Å². The maximum atomic E-state index is 13.0.